The van der Waals surface area contributed by atoms with Crippen LogP contribution < -0.4 is 5.73 Å². The lowest BCUT2D eigenvalue weighted by atomic mass is 9.54. The van der Waals surface area contributed by atoms with Crippen LogP contribution in [-0.2, 0) is 29.3 Å². The number of hydrogen-bond acceptors (Lipinski definition) is 11. The van der Waals surface area contributed by atoms with Crippen molar-refractivity contribution < 1.29 is 44.3 Å². The fraction of sp³-hybridized carbons (Fsp3) is 0.533. The van der Waals surface area contributed by atoms with Gasteiger partial charge in [0.1, 0.15) is 28.9 Å². The summed E-state index contributed by atoms with van der Waals surface area (Å²) in [7, 11) is 6.70. The Morgan fingerprint density at radius 3 is 2.19 bits per heavy atom. The number of fused-ring (bicyclic) bond motifs is 3. The summed E-state index contributed by atoms with van der Waals surface area (Å²) >= 11 is 0. The van der Waals surface area contributed by atoms with Gasteiger partial charge in [0.15, 0.2) is 11.4 Å². The number of Topliss-reactive ketones (excluding diaryl/α,β-unsaturated/α-hetero) is 2. The van der Waals surface area contributed by atoms with Gasteiger partial charge in [0.25, 0.3) is 5.91 Å². The van der Waals surface area contributed by atoms with Gasteiger partial charge in [0.2, 0.25) is 5.78 Å². The smallest absolute Gasteiger partial charge is 0.302 e. The van der Waals surface area contributed by atoms with Gasteiger partial charge in [-0.3, -0.25) is 24.1 Å². The maximum absolute atomic E-state index is 14.3. The van der Waals surface area contributed by atoms with Crippen molar-refractivity contribution in [3.8, 4) is 5.75 Å². The largest absolute Gasteiger partial charge is 0.508 e. The van der Waals surface area contributed by atoms with E-state index in [4.69, 9.17) is 10.5 Å². The van der Waals surface area contributed by atoms with Crippen LogP contribution in [0, 0.1) is 11.8 Å². The topological polar surface area (TPSA) is 191 Å². The number of aliphatic hydroxyl groups is 3. The third kappa shape index (κ3) is 4.31. The number of ether oxygens (including phenoxy) is 1. The molecular formula is C30H39N3O9. The van der Waals surface area contributed by atoms with Crippen molar-refractivity contribution in [2.45, 2.75) is 56.8 Å². The van der Waals surface area contributed by atoms with E-state index in [1.807, 2.05) is 32.8 Å². The lowest BCUT2D eigenvalue weighted by Crippen LogP contribution is -2.71. The molecule has 1 aromatic rings. The normalized spacial score (nSPS) is 29.5. The second-order valence-electron chi connectivity index (χ2n) is 12.7. The molecule has 0 aliphatic heterocycles. The van der Waals surface area contributed by atoms with Gasteiger partial charge < -0.3 is 35.8 Å². The van der Waals surface area contributed by atoms with Crippen LogP contribution in [0.25, 0.3) is 5.76 Å². The molecule has 1 saturated carbocycles. The number of hydrogen-bond donors (Lipinski definition) is 5. The summed E-state index contributed by atoms with van der Waals surface area (Å²) in [6.07, 6.45) is -1.43. The number of esters is 1. The van der Waals surface area contributed by atoms with Crippen LogP contribution in [-0.4, -0.2) is 106 Å². The van der Waals surface area contributed by atoms with Gasteiger partial charge in [-0.1, -0.05) is 32.9 Å². The highest BCUT2D eigenvalue weighted by Crippen LogP contribution is 2.57. The molecule has 0 radical (unpaired) electrons. The second kappa shape index (κ2) is 10.2. The Bertz CT molecular complexity index is 1460. The highest BCUT2D eigenvalue weighted by Gasteiger charge is 2.69. The summed E-state index contributed by atoms with van der Waals surface area (Å²) in [4.78, 5) is 55.8. The minimum Gasteiger partial charge on any atom is -0.508 e. The summed E-state index contributed by atoms with van der Waals surface area (Å²) in [5, 5.41) is 46.5. The van der Waals surface area contributed by atoms with Crippen LogP contribution in [0.3, 0.4) is 0 Å². The second-order valence-corrected chi connectivity index (χ2v) is 12.7. The van der Waals surface area contributed by atoms with Crippen LogP contribution in [0.15, 0.2) is 29.0 Å². The first kappa shape index (κ1) is 31.2. The Hall–Kier alpha value is -3.74. The molecule has 1 amide bonds. The summed E-state index contributed by atoms with van der Waals surface area (Å²) < 4.78 is 5.71. The Morgan fingerprint density at radius 1 is 1.10 bits per heavy atom. The van der Waals surface area contributed by atoms with Crippen molar-refractivity contribution in [2.75, 3.05) is 34.7 Å². The van der Waals surface area contributed by atoms with Crippen molar-refractivity contribution in [3.05, 3.63) is 45.7 Å². The number of phenols is 1. The highest BCUT2D eigenvalue weighted by atomic mass is 16.5. The maximum Gasteiger partial charge on any atom is 0.302 e. The molecule has 12 heteroatoms. The molecule has 6 atom stereocenters. The summed E-state index contributed by atoms with van der Waals surface area (Å²) in [5.74, 6) is -9.83. The molecule has 1 aromatic carbocycles. The molecule has 4 rings (SSSR count). The van der Waals surface area contributed by atoms with E-state index in [0.29, 0.717) is 17.7 Å². The van der Waals surface area contributed by atoms with E-state index >= 15 is 0 Å². The maximum atomic E-state index is 14.3. The van der Waals surface area contributed by atoms with Crippen LogP contribution in [0.5, 0.6) is 5.75 Å². The number of nitrogens with zero attached hydrogens (tertiary/aromatic N) is 2. The summed E-state index contributed by atoms with van der Waals surface area (Å²) in [5.41, 5.74) is 1.42. The molecule has 228 valence electrons. The van der Waals surface area contributed by atoms with Crippen LogP contribution in [0.1, 0.15) is 50.3 Å². The summed E-state index contributed by atoms with van der Waals surface area (Å²) in [6.45, 7) is 7.20. The van der Waals surface area contributed by atoms with E-state index in [2.05, 4.69) is 0 Å². The van der Waals surface area contributed by atoms with E-state index in [9.17, 15) is 39.6 Å². The molecule has 0 bridgehead atoms. The van der Waals surface area contributed by atoms with Crippen molar-refractivity contribution in [1.82, 2.24) is 9.80 Å². The fourth-order valence-electron chi connectivity index (χ4n) is 7.34. The van der Waals surface area contributed by atoms with Gasteiger partial charge >= 0.3 is 5.97 Å². The first-order valence-corrected chi connectivity index (χ1v) is 13.6. The number of primary amides is 1. The molecule has 0 aromatic heterocycles. The number of aromatic hydroxyl groups is 1. The third-order valence-electron chi connectivity index (χ3n) is 8.84. The number of likely N-dealkylation sites (N-methyl/N-ethyl adjacent to an activating group) is 2. The molecule has 6 N–H and O–H groups in total. The van der Waals surface area contributed by atoms with Gasteiger partial charge in [-0.25, -0.2) is 0 Å². The van der Waals surface area contributed by atoms with Gasteiger partial charge in [0, 0.05) is 35.9 Å². The van der Waals surface area contributed by atoms with E-state index in [-0.39, 0.29) is 11.3 Å². The monoisotopic (exact) mass is 585 g/mol. The number of aliphatic hydroxyl groups excluding tert-OH is 2. The number of nitrogens with two attached hydrogens (primary N) is 1. The SMILES string of the molecule is CC(=O)O[C@H]1[C@H]2C(=C(O)c3c(ccc(C(C)(C)CN(C)C)c3O)[C@@H]2C)C(=O)[C@]2(O)C(O)=C(C(N)=O)C(=O)[C@@H](N(C)C)[C@H]12. The van der Waals surface area contributed by atoms with Crippen LogP contribution >= 0.6 is 0 Å². The van der Waals surface area contributed by atoms with E-state index in [1.165, 1.54) is 19.0 Å². The van der Waals surface area contributed by atoms with Gasteiger partial charge in [-0.15, -0.1) is 0 Å². The zero-order chi connectivity index (χ0) is 31.8. The van der Waals surface area contributed by atoms with Crippen LogP contribution in [0.2, 0.25) is 0 Å². The molecule has 3 aliphatic rings. The molecule has 0 unspecified atom stereocenters. The lowest BCUT2D eigenvalue weighted by Gasteiger charge is -2.54. The standard InChI is InChI=1S/C30H39N3O9/c1-12-14-9-10-15(29(3,4)11-32(5)6)22(35)17(14)23(36)18-16(12)25(42-13(2)34)20-21(33(7)8)24(37)19(28(31)40)27(39)30(20,41)26(18)38/h9-10,12,16,20-21,25,35-36,39,41H,11H2,1-8H3,(H2,31,40)/t12-,16+,20+,21-,25-,30-/m0/s1. The number of rotatable bonds is 6. The molecule has 12 nitrogen and oxygen atoms in total. The zero-order valence-electron chi connectivity index (χ0n) is 25.1. The minimum absolute atomic E-state index is 0.0234. The molecule has 0 heterocycles. The number of benzene rings is 1. The Morgan fingerprint density at radius 2 is 1.69 bits per heavy atom. The van der Waals surface area contributed by atoms with Gasteiger partial charge in [0.05, 0.1) is 17.5 Å². The first-order chi connectivity index (χ1) is 19.3. The van der Waals surface area contributed by atoms with Crippen molar-refractivity contribution in [2.24, 2.45) is 17.6 Å². The highest BCUT2D eigenvalue weighted by molar-refractivity contribution is 6.24. The zero-order valence-corrected chi connectivity index (χ0v) is 25.1. The third-order valence-corrected chi connectivity index (χ3v) is 8.84. The molecule has 3 aliphatic carbocycles. The summed E-state index contributed by atoms with van der Waals surface area (Å²) in [6, 6.07) is 2.06. The average Bonchev–Trinajstić information content (AvgIpc) is 2.84. The van der Waals surface area contributed by atoms with Crippen molar-refractivity contribution >= 4 is 29.2 Å². The molecule has 0 spiro atoms. The Kier molecular flexibility index (Phi) is 7.59. The number of amides is 1. The lowest BCUT2D eigenvalue weighted by molar-refractivity contribution is -0.184. The predicted molar refractivity (Wildman–Crippen MR) is 151 cm³/mol. The Labute approximate surface area is 244 Å². The molecule has 42 heavy (non-hydrogen) atoms. The van der Waals surface area contributed by atoms with Crippen LogP contribution in [0.4, 0.5) is 0 Å². The van der Waals surface area contributed by atoms with E-state index in [0.717, 1.165) is 6.92 Å². The number of ketones is 2. The number of carbonyl (C=O) groups is 4. The first-order valence-electron chi connectivity index (χ1n) is 13.6. The van der Waals surface area contributed by atoms with Crippen molar-refractivity contribution in [3.63, 3.8) is 0 Å². The molecule has 0 saturated heterocycles. The number of carbonyl (C=O) groups excluding carboxylic acids is 4. The fourth-order valence-corrected chi connectivity index (χ4v) is 7.34. The molecular weight excluding hydrogens is 546 g/mol. The average molecular weight is 586 g/mol. The number of phenolic OH excluding ortho intramolecular Hbond substituents is 1. The minimum atomic E-state index is -2.97. The van der Waals surface area contributed by atoms with Gasteiger partial charge in [-0.2, -0.15) is 0 Å². The van der Waals surface area contributed by atoms with Gasteiger partial charge in [-0.05, 0) is 39.7 Å². The van der Waals surface area contributed by atoms with E-state index < -0.39 is 87.0 Å². The predicted octanol–water partition coefficient (Wildman–Crippen LogP) is 0.906. The van der Waals surface area contributed by atoms with Crippen molar-refractivity contribution in [1.29, 1.82) is 0 Å². The molecule has 1 fully saturated rings. The van der Waals surface area contributed by atoms with E-state index in [1.54, 1.807) is 19.1 Å². The quantitative estimate of drug-likeness (QED) is 0.235. The Balaban J connectivity index is 2.09.